The van der Waals surface area contributed by atoms with Gasteiger partial charge in [0.25, 0.3) is 11.6 Å². The quantitative estimate of drug-likeness (QED) is 0.0536. The third-order valence-corrected chi connectivity index (χ3v) is 12.7. The van der Waals surface area contributed by atoms with Gasteiger partial charge in [-0.2, -0.15) is 0 Å². The van der Waals surface area contributed by atoms with E-state index in [1.807, 2.05) is 0 Å². The fraction of sp³-hybridized carbons (Fsp3) is 0.722. The lowest BCUT2D eigenvalue weighted by Crippen LogP contribution is -2.71. The largest absolute Gasteiger partial charge is 0.491 e. The van der Waals surface area contributed by atoms with Crippen LogP contribution >= 0.6 is 0 Å². The zero-order valence-corrected chi connectivity index (χ0v) is 50.0. The second-order valence-electron chi connectivity index (χ2n) is 24.9. The molecule has 0 bridgehead atoms. The number of carbonyl (C=O) groups is 7. The predicted molar refractivity (Wildman–Crippen MR) is 294 cm³/mol. The number of non-ortho nitro benzene ring substituents is 1. The number of alkyl carbamates (subject to hydrolysis) is 4. The molecule has 1 aromatic rings. The topological polar surface area (TPSA) is 413 Å². The number of hydrogen-bond acceptors (Lipinski definition) is 22. The van der Waals surface area contributed by atoms with Crippen LogP contribution < -0.4 is 31.9 Å². The molecular weight excluding hydrogens is 1110 g/mol. The monoisotopic (exact) mass is 1200 g/mol. The molecule has 0 radical (unpaired) electrons. The van der Waals surface area contributed by atoms with Crippen molar-refractivity contribution < 1.29 is 102 Å². The maximum absolute atomic E-state index is 14.0. The Morgan fingerprint density at radius 1 is 0.738 bits per heavy atom. The van der Waals surface area contributed by atoms with Gasteiger partial charge in [0.05, 0.1) is 48.8 Å². The fourth-order valence-electron chi connectivity index (χ4n) is 9.21. The van der Waals surface area contributed by atoms with Crippen LogP contribution in [-0.2, 0) is 54.1 Å². The molecule has 30 heteroatoms. The Morgan fingerprint density at radius 2 is 1.29 bits per heavy atom. The highest BCUT2D eigenvalue weighted by Gasteiger charge is 2.57. The van der Waals surface area contributed by atoms with Crippen molar-refractivity contribution in [2.75, 3.05) is 33.3 Å². The lowest BCUT2D eigenvalue weighted by molar-refractivity contribution is -0.384. The number of nitrogens with zero attached hydrogens (tertiary/aromatic N) is 2. The summed E-state index contributed by atoms with van der Waals surface area (Å²) >= 11 is 0. The summed E-state index contributed by atoms with van der Waals surface area (Å²) in [6.45, 7) is 18.4. The van der Waals surface area contributed by atoms with Crippen LogP contribution in [0.4, 0.5) is 29.7 Å². The standard InChI is InChI=1S/C54H86N8O22/c1-50(2,3)81-46(70)55-22-21-34(63)42(67)59-33-23-32(60-48(72)83-52(7,8)9)36(37(65)40(33)80-44-38(66)41(54(13,74)27-78-44)61(14)49(73)84-53(10,11)12)39-31(58-43(68)35(64)25-57-47(71)82-51(4,5)6)20-19-30(79-39)24-56-45(69)77-26-28-15-17-29(18-16-28)62(75)76/h15-19,31-41,44,63-66,74H,20-27H2,1-14H3,(H,55,70)(H,56,69)(H,57,71)(H,58,68)(H,59,67)(H,60,72)/t31-,32+,33-,34+,35?,36-,37+,38-,39?,40+,41-,44-,54+/m1/s1. The minimum absolute atomic E-state index is 0.00504. The Balaban J connectivity index is 1.80. The SMILES string of the molecule is CN(C(=O)OC(C)(C)C)[C@@H]1[C@@H](O)[C@@H](O[C@@H]2[C@@H](O)[C@H](C3OC(CNC(=O)OCc4ccc([N+](=O)[O-])cc4)=CC[C@H]3NC(=O)C(O)CNC(=O)OC(C)(C)C)[C@@H](NC(=O)OC(C)(C)C)C[C@H]2NC(=O)[C@@H](O)CCNC(=O)OC(C)(C)C)OC[C@]1(C)O. The molecule has 84 heavy (non-hydrogen) atoms. The molecule has 2 fully saturated rings. The molecule has 30 nitrogen and oxygen atoms in total. The van der Waals surface area contributed by atoms with E-state index in [0.29, 0.717) is 5.56 Å². The summed E-state index contributed by atoms with van der Waals surface area (Å²) in [4.78, 5) is 105. The summed E-state index contributed by atoms with van der Waals surface area (Å²) in [6, 6.07) is -0.384. The van der Waals surface area contributed by atoms with Gasteiger partial charge in [0.1, 0.15) is 70.9 Å². The van der Waals surface area contributed by atoms with Crippen molar-refractivity contribution in [3.8, 4) is 0 Å². The third kappa shape index (κ3) is 22.0. The molecule has 1 aliphatic carbocycles. The molecule has 2 heterocycles. The number of carbonyl (C=O) groups excluding carboxylic acids is 7. The Labute approximate surface area is 487 Å². The molecule has 1 aromatic carbocycles. The molecular formula is C54H86N8O22. The molecule has 3 aliphatic rings. The summed E-state index contributed by atoms with van der Waals surface area (Å²) in [6.07, 6.45) is -17.1. The van der Waals surface area contributed by atoms with Crippen molar-refractivity contribution in [2.45, 2.75) is 211 Å². The lowest BCUT2D eigenvalue weighted by atomic mass is 9.72. The minimum Gasteiger partial charge on any atom is -0.491 e. The smallest absolute Gasteiger partial charge is 0.410 e. The van der Waals surface area contributed by atoms with Gasteiger partial charge in [0.2, 0.25) is 5.91 Å². The van der Waals surface area contributed by atoms with Crippen LogP contribution in [0.15, 0.2) is 36.1 Å². The van der Waals surface area contributed by atoms with Gasteiger partial charge in [-0.1, -0.05) is 0 Å². The lowest BCUT2D eigenvalue weighted by Gasteiger charge is -2.52. The number of aliphatic hydroxyl groups excluding tert-OH is 4. The van der Waals surface area contributed by atoms with Crippen molar-refractivity contribution in [1.29, 1.82) is 0 Å². The summed E-state index contributed by atoms with van der Waals surface area (Å²) < 4.78 is 45.9. The van der Waals surface area contributed by atoms with E-state index in [-0.39, 0.29) is 37.4 Å². The molecule has 2 unspecified atom stereocenters. The molecule has 11 N–H and O–H groups in total. The van der Waals surface area contributed by atoms with Gasteiger partial charge in [-0.05, 0) is 133 Å². The average molecular weight is 1200 g/mol. The van der Waals surface area contributed by atoms with E-state index in [9.17, 15) is 69.2 Å². The van der Waals surface area contributed by atoms with Crippen LogP contribution in [0.2, 0.25) is 0 Å². The number of nitro benzene ring substituents is 1. The number of nitro groups is 1. The van der Waals surface area contributed by atoms with Crippen molar-refractivity contribution in [2.24, 2.45) is 5.92 Å². The number of amides is 7. The highest BCUT2D eigenvalue weighted by atomic mass is 16.7. The Kier molecular flexibility index (Phi) is 23.9. The number of hydrogen-bond donors (Lipinski definition) is 11. The Bertz CT molecular complexity index is 2490. The van der Waals surface area contributed by atoms with E-state index >= 15 is 0 Å². The van der Waals surface area contributed by atoms with E-state index < -0.39 is 174 Å². The second kappa shape index (κ2) is 28.8. The van der Waals surface area contributed by atoms with Gasteiger partial charge in [0, 0.05) is 37.7 Å². The molecule has 1 saturated carbocycles. The first-order valence-corrected chi connectivity index (χ1v) is 27.3. The molecule has 1 saturated heterocycles. The second-order valence-corrected chi connectivity index (χ2v) is 24.9. The molecule has 0 aromatic heterocycles. The van der Waals surface area contributed by atoms with E-state index in [0.717, 1.165) is 4.90 Å². The van der Waals surface area contributed by atoms with Crippen LogP contribution in [0.1, 0.15) is 115 Å². The summed E-state index contributed by atoms with van der Waals surface area (Å²) in [5.41, 5.74) is -5.66. The van der Waals surface area contributed by atoms with Gasteiger partial charge < -0.3 is 100 Å². The van der Waals surface area contributed by atoms with Crippen LogP contribution in [-0.4, -0.2) is 206 Å². The van der Waals surface area contributed by atoms with Gasteiger partial charge in [0.15, 0.2) is 6.29 Å². The molecule has 2 aliphatic heterocycles. The van der Waals surface area contributed by atoms with E-state index in [1.165, 1.54) is 44.3 Å². The minimum atomic E-state index is -2.02. The van der Waals surface area contributed by atoms with E-state index in [4.69, 9.17) is 37.9 Å². The summed E-state index contributed by atoms with van der Waals surface area (Å²) in [7, 11) is 1.26. The Hall–Kier alpha value is -6.83. The van der Waals surface area contributed by atoms with Crippen LogP contribution in [0.5, 0.6) is 0 Å². The van der Waals surface area contributed by atoms with Gasteiger partial charge >= 0.3 is 30.5 Å². The van der Waals surface area contributed by atoms with Crippen molar-refractivity contribution in [3.05, 3.63) is 51.8 Å². The maximum atomic E-state index is 14.0. The third-order valence-electron chi connectivity index (χ3n) is 12.7. The normalized spacial score (nSPS) is 26.2. The molecule has 0 spiro atoms. The number of benzene rings is 1. The fourth-order valence-corrected chi connectivity index (χ4v) is 9.21. The van der Waals surface area contributed by atoms with Gasteiger partial charge in [-0.15, -0.1) is 0 Å². The van der Waals surface area contributed by atoms with Crippen LogP contribution in [0, 0.1) is 16.0 Å². The predicted octanol–water partition coefficient (Wildman–Crippen LogP) is 1.99. The maximum Gasteiger partial charge on any atom is 0.410 e. The molecule has 474 valence electrons. The number of likely N-dealkylation sites (N-methyl/N-ethyl adjacent to an activating group) is 1. The van der Waals surface area contributed by atoms with E-state index in [1.54, 1.807) is 83.1 Å². The first-order chi connectivity index (χ1) is 38.6. The highest BCUT2D eigenvalue weighted by molar-refractivity contribution is 5.82. The molecule has 7 amide bonds. The first-order valence-electron chi connectivity index (χ1n) is 27.3. The van der Waals surface area contributed by atoms with Crippen molar-refractivity contribution >= 4 is 48.0 Å². The van der Waals surface area contributed by atoms with Crippen LogP contribution in [0.3, 0.4) is 0 Å². The number of rotatable bonds is 19. The van der Waals surface area contributed by atoms with E-state index in [2.05, 4.69) is 31.9 Å². The summed E-state index contributed by atoms with van der Waals surface area (Å²) in [5, 5.41) is 85.4. The van der Waals surface area contributed by atoms with Crippen molar-refractivity contribution in [1.82, 2.24) is 36.8 Å². The van der Waals surface area contributed by atoms with Crippen LogP contribution in [0.25, 0.3) is 0 Å². The number of ether oxygens (including phenoxy) is 8. The zero-order chi connectivity index (χ0) is 63.4. The number of nitrogens with one attached hydrogen (secondary N) is 6. The Morgan fingerprint density at radius 3 is 1.86 bits per heavy atom. The zero-order valence-electron chi connectivity index (χ0n) is 50.0. The summed E-state index contributed by atoms with van der Waals surface area (Å²) in [5.74, 6) is -3.63. The first kappa shape index (κ1) is 69.7. The van der Waals surface area contributed by atoms with Gasteiger partial charge in [-0.25, -0.2) is 24.0 Å². The van der Waals surface area contributed by atoms with Gasteiger partial charge in [-0.3, -0.25) is 19.7 Å². The molecule has 13 atom stereocenters. The van der Waals surface area contributed by atoms with Crippen molar-refractivity contribution in [3.63, 3.8) is 0 Å². The average Bonchev–Trinajstić information content (AvgIpc) is 1.16. The highest BCUT2D eigenvalue weighted by Crippen LogP contribution is 2.39. The molecule has 4 rings (SSSR count). The number of aliphatic hydroxyl groups is 5.